The summed E-state index contributed by atoms with van der Waals surface area (Å²) in [5.41, 5.74) is 2.46. The average Bonchev–Trinajstić information content (AvgIpc) is 2.20. The van der Waals surface area contributed by atoms with E-state index in [0.29, 0.717) is 5.92 Å². The largest absolute Gasteiger partial charge is 0.388 e. The third-order valence-electron chi connectivity index (χ3n) is 2.61. The van der Waals surface area contributed by atoms with Crippen molar-refractivity contribution in [3.05, 3.63) is 35.4 Å². The van der Waals surface area contributed by atoms with Crippen LogP contribution in [0.5, 0.6) is 0 Å². The topological polar surface area (TPSA) is 20.2 Å². The molecule has 1 nitrogen and oxygen atoms in total. The molecule has 0 fully saturated rings. The zero-order chi connectivity index (χ0) is 10.6. The number of rotatable bonds is 0. The summed E-state index contributed by atoms with van der Waals surface area (Å²) in [6.45, 7) is 6.19. The lowest BCUT2D eigenvalue weighted by Crippen LogP contribution is -2.15. The summed E-state index contributed by atoms with van der Waals surface area (Å²) in [7, 11) is 0. The van der Waals surface area contributed by atoms with E-state index in [-0.39, 0.29) is 6.10 Å². The van der Waals surface area contributed by atoms with E-state index in [1.165, 1.54) is 5.56 Å². The number of hydrogen-bond donors (Lipinski definition) is 1. The summed E-state index contributed by atoms with van der Waals surface area (Å²) in [5, 5.41) is 9.73. The Morgan fingerprint density at radius 1 is 1.21 bits per heavy atom. The third-order valence-corrected chi connectivity index (χ3v) is 2.61. The summed E-state index contributed by atoms with van der Waals surface area (Å²) in [6, 6.07) is 8.20. The van der Waals surface area contributed by atoms with Crippen LogP contribution < -0.4 is 0 Å². The first-order chi connectivity index (χ1) is 6.77. The van der Waals surface area contributed by atoms with E-state index in [9.17, 15) is 5.11 Å². The van der Waals surface area contributed by atoms with Crippen molar-refractivity contribution in [1.82, 2.24) is 0 Å². The van der Waals surface area contributed by atoms with E-state index in [0.717, 1.165) is 18.4 Å². The molecule has 1 heteroatoms. The van der Waals surface area contributed by atoms with Crippen molar-refractivity contribution in [2.24, 2.45) is 5.92 Å². The summed E-state index contributed by atoms with van der Waals surface area (Å²) in [5.74, 6) is 0.620. The highest BCUT2D eigenvalue weighted by Crippen LogP contribution is 2.32. The van der Waals surface area contributed by atoms with Crippen molar-refractivity contribution in [1.29, 1.82) is 0 Å². The molecule has 0 aliphatic heterocycles. The Bertz CT molecular complexity index is 280. The molecule has 0 radical (unpaired) electrons. The van der Waals surface area contributed by atoms with Gasteiger partial charge in [0.2, 0.25) is 0 Å². The maximum atomic E-state index is 9.73. The van der Waals surface area contributed by atoms with Crippen molar-refractivity contribution in [3.63, 3.8) is 0 Å². The van der Waals surface area contributed by atoms with Gasteiger partial charge in [-0.1, -0.05) is 45.0 Å². The highest BCUT2D eigenvalue weighted by Gasteiger charge is 2.21. The zero-order valence-electron chi connectivity index (χ0n) is 9.33. The van der Waals surface area contributed by atoms with Crippen LogP contribution in [0.4, 0.5) is 0 Å². The van der Waals surface area contributed by atoms with Crippen LogP contribution in [0.25, 0.3) is 0 Å². The molecule has 1 aromatic rings. The Morgan fingerprint density at radius 2 is 1.86 bits per heavy atom. The Balaban J connectivity index is 0.000000461. The highest BCUT2D eigenvalue weighted by molar-refractivity contribution is 5.31. The van der Waals surface area contributed by atoms with Crippen molar-refractivity contribution in [2.75, 3.05) is 0 Å². The minimum Gasteiger partial charge on any atom is -0.388 e. The smallest absolute Gasteiger partial charge is 0.0795 e. The van der Waals surface area contributed by atoms with E-state index in [1.54, 1.807) is 0 Å². The second kappa shape index (κ2) is 5.16. The average molecular weight is 192 g/mol. The molecular formula is C13H20O. The Morgan fingerprint density at radius 3 is 2.57 bits per heavy atom. The van der Waals surface area contributed by atoms with Crippen LogP contribution >= 0.6 is 0 Å². The highest BCUT2D eigenvalue weighted by atomic mass is 16.3. The van der Waals surface area contributed by atoms with Gasteiger partial charge in [-0.2, -0.15) is 0 Å². The second-order valence-corrected chi connectivity index (χ2v) is 3.76. The van der Waals surface area contributed by atoms with Gasteiger partial charge in [0, 0.05) is 0 Å². The van der Waals surface area contributed by atoms with Crippen LogP contribution in [0.1, 0.15) is 44.4 Å². The predicted octanol–water partition coefficient (Wildman–Crippen LogP) is 3.33. The molecule has 78 valence electrons. The first-order valence-corrected chi connectivity index (χ1v) is 5.53. The summed E-state index contributed by atoms with van der Waals surface area (Å²) in [4.78, 5) is 0. The molecule has 0 saturated carbocycles. The van der Waals surface area contributed by atoms with Gasteiger partial charge in [-0.05, 0) is 29.9 Å². The molecule has 0 spiro atoms. The maximum Gasteiger partial charge on any atom is 0.0795 e. The lowest BCUT2D eigenvalue weighted by molar-refractivity contribution is 0.136. The van der Waals surface area contributed by atoms with E-state index < -0.39 is 0 Å². The fourth-order valence-corrected chi connectivity index (χ4v) is 2.01. The van der Waals surface area contributed by atoms with Crippen LogP contribution in [0.2, 0.25) is 0 Å². The van der Waals surface area contributed by atoms with E-state index >= 15 is 0 Å². The molecule has 14 heavy (non-hydrogen) atoms. The van der Waals surface area contributed by atoms with Crippen LogP contribution in [0.15, 0.2) is 24.3 Å². The molecular weight excluding hydrogens is 172 g/mol. The first-order valence-electron chi connectivity index (χ1n) is 5.53. The normalized spacial score (nSPS) is 24.6. The molecule has 2 unspecified atom stereocenters. The van der Waals surface area contributed by atoms with Crippen molar-refractivity contribution in [2.45, 2.75) is 39.7 Å². The number of benzene rings is 1. The van der Waals surface area contributed by atoms with Crippen LogP contribution in [-0.2, 0) is 6.42 Å². The monoisotopic (exact) mass is 192 g/mol. The van der Waals surface area contributed by atoms with Gasteiger partial charge < -0.3 is 5.11 Å². The molecule has 1 aromatic carbocycles. The standard InChI is InChI=1S/C11H14O.C2H6/c1-8-6-9-4-2-3-5-10(9)11(12)7-8;1-2/h2-5,8,11-12H,6-7H2,1H3;1-2H3. The molecule has 1 aliphatic carbocycles. The van der Waals surface area contributed by atoms with Crippen LogP contribution in [0, 0.1) is 5.92 Å². The lowest BCUT2D eigenvalue weighted by Gasteiger charge is -2.25. The van der Waals surface area contributed by atoms with Gasteiger partial charge in [-0.3, -0.25) is 0 Å². The number of fused-ring (bicyclic) bond motifs is 1. The van der Waals surface area contributed by atoms with Gasteiger partial charge in [-0.15, -0.1) is 0 Å². The van der Waals surface area contributed by atoms with E-state index in [1.807, 2.05) is 32.0 Å². The Kier molecular flexibility index (Phi) is 4.15. The molecule has 1 aliphatic rings. The quantitative estimate of drug-likeness (QED) is 0.668. The van der Waals surface area contributed by atoms with Crippen molar-refractivity contribution in [3.8, 4) is 0 Å². The Hall–Kier alpha value is -0.820. The third kappa shape index (κ3) is 2.36. The second-order valence-electron chi connectivity index (χ2n) is 3.76. The Labute approximate surface area is 86.8 Å². The molecule has 0 saturated heterocycles. The predicted molar refractivity (Wildman–Crippen MR) is 60.2 cm³/mol. The van der Waals surface area contributed by atoms with Gasteiger partial charge in [0.25, 0.3) is 0 Å². The van der Waals surface area contributed by atoms with Gasteiger partial charge in [0.15, 0.2) is 0 Å². The fraction of sp³-hybridized carbons (Fsp3) is 0.538. The fourth-order valence-electron chi connectivity index (χ4n) is 2.01. The molecule has 0 aromatic heterocycles. The molecule has 0 amide bonds. The summed E-state index contributed by atoms with van der Waals surface area (Å²) >= 11 is 0. The van der Waals surface area contributed by atoms with E-state index in [2.05, 4.69) is 13.0 Å². The van der Waals surface area contributed by atoms with Gasteiger partial charge in [0.05, 0.1) is 6.10 Å². The van der Waals surface area contributed by atoms with E-state index in [4.69, 9.17) is 0 Å². The maximum absolute atomic E-state index is 9.73. The van der Waals surface area contributed by atoms with Gasteiger partial charge in [-0.25, -0.2) is 0 Å². The van der Waals surface area contributed by atoms with Gasteiger partial charge in [0.1, 0.15) is 0 Å². The van der Waals surface area contributed by atoms with Crippen LogP contribution in [0.3, 0.4) is 0 Å². The van der Waals surface area contributed by atoms with Crippen LogP contribution in [-0.4, -0.2) is 5.11 Å². The number of aliphatic hydroxyl groups excluding tert-OH is 1. The van der Waals surface area contributed by atoms with Gasteiger partial charge >= 0.3 is 0 Å². The molecule has 2 atom stereocenters. The van der Waals surface area contributed by atoms with Crippen molar-refractivity contribution >= 4 is 0 Å². The molecule has 0 heterocycles. The molecule has 0 bridgehead atoms. The SMILES string of the molecule is CC.CC1Cc2ccccc2C(O)C1. The van der Waals surface area contributed by atoms with Crippen molar-refractivity contribution < 1.29 is 5.11 Å². The number of hydrogen-bond acceptors (Lipinski definition) is 1. The minimum absolute atomic E-state index is 0.232. The molecule has 2 rings (SSSR count). The molecule has 1 N–H and O–H groups in total. The minimum atomic E-state index is -0.232. The first kappa shape index (κ1) is 11.3. The number of aliphatic hydroxyl groups is 1. The summed E-state index contributed by atoms with van der Waals surface area (Å²) in [6.07, 6.45) is 1.80. The summed E-state index contributed by atoms with van der Waals surface area (Å²) < 4.78 is 0. The zero-order valence-corrected chi connectivity index (χ0v) is 9.33. The lowest BCUT2D eigenvalue weighted by atomic mass is 9.83.